The largest absolute Gasteiger partial charge is 0.490 e. The molecule has 0 bridgehead atoms. The molecule has 0 aromatic heterocycles. The minimum absolute atomic E-state index is 0.642. The molecule has 1 aromatic rings. The molecule has 20 heavy (non-hydrogen) atoms. The maximum absolute atomic E-state index is 5.64. The van der Waals surface area contributed by atoms with E-state index in [2.05, 4.69) is 5.32 Å². The van der Waals surface area contributed by atoms with Gasteiger partial charge in [-0.25, -0.2) is 0 Å². The molecule has 1 fully saturated rings. The lowest BCUT2D eigenvalue weighted by Gasteiger charge is -2.23. The SMILES string of the molecule is CCOc1ccc(NCC2CCOCC2)cc1OCC. The van der Waals surface area contributed by atoms with Gasteiger partial charge in [-0.05, 0) is 44.7 Å². The van der Waals surface area contributed by atoms with Crippen LogP contribution in [0.15, 0.2) is 18.2 Å². The Balaban J connectivity index is 1.94. The molecule has 4 heteroatoms. The summed E-state index contributed by atoms with van der Waals surface area (Å²) in [7, 11) is 0. The first-order valence-electron chi connectivity index (χ1n) is 7.54. The maximum atomic E-state index is 5.64. The summed E-state index contributed by atoms with van der Waals surface area (Å²) in [5.74, 6) is 2.32. The van der Waals surface area contributed by atoms with Gasteiger partial charge >= 0.3 is 0 Å². The zero-order valence-corrected chi connectivity index (χ0v) is 12.5. The smallest absolute Gasteiger partial charge is 0.163 e. The Bertz CT molecular complexity index is 403. The fraction of sp³-hybridized carbons (Fsp3) is 0.625. The van der Waals surface area contributed by atoms with Crippen molar-refractivity contribution < 1.29 is 14.2 Å². The molecule has 0 radical (unpaired) electrons. The molecule has 1 aromatic carbocycles. The van der Waals surface area contributed by atoms with Crippen molar-refractivity contribution in [3.8, 4) is 11.5 Å². The third kappa shape index (κ3) is 4.30. The minimum Gasteiger partial charge on any atom is -0.490 e. The predicted octanol–water partition coefficient (Wildman–Crippen LogP) is 3.32. The molecule has 1 aliphatic rings. The predicted molar refractivity (Wildman–Crippen MR) is 80.8 cm³/mol. The van der Waals surface area contributed by atoms with E-state index in [-0.39, 0.29) is 0 Å². The summed E-state index contributed by atoms with van der Waals surface area (Å²) in [5.41, 5.74) is 1.09. The molecule has 0 amide bonds. The van der Waals surface area contributed by atoms with Crippen molar-refractivity contribution in [2.75, 3.05) is 38.3 Å². The van der Waals surface area contributed by atoms with Gasteiger partial charge in [0.15, 0.2) is 11.5 Å². The first-order chi connectivity index (χ1) is 9.83. The van der Waals surface area contributed by atoms with Crippen molar-refractivity contribution in [2.45, 2.75) is 26.7 Å². The molecule has 0 spiro atoms. The molecular weight excluding hydrogens is 254 g/mol. The van der Waals surface area contributed by atoms with Gasteiger partial charge in [-0.2, -0.15) is 0 Å². The Labute approximate surface area is 121 Å². The molecule has 1 heterocycles. The van der Waals surface area contributed by atoms with Crippen molar-refractivity contribution in [2.24, 2.45) is 5.92 Å². The molecule has 2 rings (SSSR count). The summed E-state index contributed by atoms with van der Waals surface area (Å²) in [4.78, 5) is 0. The molecule has 0 aliphatic carbocycles. The summed E-state index contributed by atoms with van der Waals surface area (Å²) in [5, 5.41) is 3.49. The van der Waals surface area contributed by atoms with Crippen molar-refractivity contribution in [3.63, 3.8) is 0 Å². The second-order valence-electron chi connectivity index (χ2n) is 4.96. The Morgan fingerprint density at radius 1 is 1.10 bits per heavy atom. The van der Waals surface area contributed by atoms with Gasteiger partial charge in [-0.3, -0.25) is 0 Å². The Kier molecular flexibility index (Phi) is 5.99. The molecule has 1 N–H and O–H groups in total. The molecule has 0 unspecified atom stereocenters. The van der Waals surface area contributed by atoms with Gasteiger partial charge in [0.05, 0.1) is 13.2 Å². The van der Waals surface area contributed by atoms with Crippen LogP contribution in [0.2, 0.25) is 0 Å². The minimum atomic E-state index is 0.642. The summed E-state index contributed by atoms with van der Waals surface area (Å²) in [6, 6.07) is 6.04. The van der Waals surface area contributed by atoms with E-state index in [1.54, 1.807) is 0 Å². The first kappa shape index (κ1) is 15.0. The second kappa shape index (κ2) is 8.00. The molecule has 112 valence electrons. The van der Waals surface area contributed by atoms with Crippen LogP contribution in [-0.2, 0) is 4.74 Å². The lowest BCUT2D eigenvalue weighted by molar-refractivity contribution is 0.0699. The first-order valence-corrected chi connectivity index (χ1v) is 7.54. The Hall–Kier alpha value is -1.42. The van der Waals surface area contributed by atoms with Crippen molar-refractivity contribution >= 4 is 5.69 Å². The fourth-order valence-corrected chi connectivity index (χ4v) is 2.37. The normalized spacial score (nSPS) is 15.9. The zero-order valence-electron chi connectivity index (χ0n) is 12.5. The number of hydrogen-bond acceptors (Lipinski definition) is 4. The van der Waals surface area contributed by atoms with E-state index >= 15 is 0 Å². The number of nitrogens with one attached hydrogen (secondary N) is 1. The summed E-state index contributed by atoms with van der Waals surface area (Å²) < 4.78 is 16.6. The van der Waals surface area contributed by atoms with E-state index in [1.165, 1.54) is 0 Å². The van der Waals surface area contributed by atoms with Crippen LogP contribution in [0.4, 0.5) is 5.69 Å². The van der Waals surface area contributed by atoms with Gasteiger partial charge in [0, 0.05) is 31.5 Å². The monoisotopic (exact) mass is 279 g/mol. The van der Waals surface area contributed by atoms with Crippen molar-refractivity contribution in [3.05, 3.63) is 18.2 Å². The number of anilines is 1. The van der Waals surface area contributed by atoms with E-state index in [0.29, 0.717) is 19.1 Å². The fourth-order valence-electron chi connectivity index (χ4n) is 2.37. The molecule has 1 saturated heterocycles. The number of benzene rings is 1. The van der Waals surface area contributed by atoms with Crippen molar-refractivity contribution in [1.82, 2.24) is 0 Å². The van der Waals surface area contributed by atoms with Crippen LogP contribution in [0.3, 0.4) is 0 Å². The van der Waals surface area contributed by atoms with Crippen molar-refractivity contribution in [1.29, 1.82) is 0 Å². The van der Waals surface area contributed by atoms with Crippen LogP contribution < -0.4 is 14.8 Å². The molecule has 0 saturated carbocycles. The third-order valence-electron chi connectivity index (χ3n) is 3.48. The van der Waals surface area contributed by atoms with E-state index in [0.717, 1.165) is 49.8 Å². The van der Waals surface area contributed by atoms with E-state index < -0.39 is 0 Å². The van der Waals surface area contributed by atoms with Gasteiger partial charge in [-0.15, -0.1) is 0 Å². The highest BCUT2D eigenvalue weighted by atomic mass is 16.5. The van der Waals surface area contributed by atoms with Gasteiger partial charge in [0.1, 0.15) is 0 Å². The van der Waals surface area contributed by atoms with Gasteiger partial charge in [0.25, 0.3) is 0 Å². The van der Waals surface area contributed by atoms with Gasteiger partial charge < -0.3 is 19.5 Å². The number of ether oxygens (including phenoxy) is 3. The topological polar surface area (TPSA) is 39.7 Å². The van der Waals surface area contributed by atoms with Crippen LogP contribution in [0, 0.1) is 5.92 Å². The molecule has 0 atom stereocenters. The van der Waals surface area contributed by atoms with Gasteiger partial charge in [0.2, 0.25) is 0 Å². The van der Waals surface area contributed by atoms with Crippen LogP contribution in [-0.4, -0.2) is 33.0 Å². The zero-order chi connectivity index (χ0) is 14.2. The number of hydrogen-bond donors (Lipinski definition) is 1. The van der Waals surface area contributed by atoms with Crippen LogP contribution in [0.5, 0.6) is 11.5 Å². The quantitative estimate of drug-likeness (QED) is 0.831. The van der Waals surface area contributed by atoms with E-state index in [9.17, 15) is 0 Å². The summed E-state index contributed by atoms with van der Waals surface area (Å²) in [6.45, 7) is 8.02. The average Bonchev–Trinajstić information content (AvgIpc) is 2.49. The third-order valence-corrected chi connectivity index (χ3v) is 3.48. The Morgan fingerprint density at radius 2 is 1.80 bits per heavy atom. The average molecular weight is 279 g/mol. The summed E-state index contributed by atoms with van der Waals surface area (Å²) in [6.07, 6.45) is 2.28. The Morgan fingerprint density at radius 3 is 2.50 bits per heavy atom. The highest BCUT2D eigenvalue weighted by Crippen LogP contribution is 2.31. The second-order valence-corrected chi connectivity index (χ2v) is 4.96. The van der Waals surface area contributed by atoms with E-state index in [1.807, 2.05) is 32.0 Å². The molecular formula is C16H25NO3. The number of rotatable bonds is 7. The van der Waals surface area contributed by atoms with Crippen LogP contribution >= 0.6 is 0 Å². The van der Waals surface area contributed by atoms with Crippen LogP contribution in [0.25, 0.3) is 0 Å². The summed E-state index contributed by atoms with van der Waals surface area (Å²) >= 11 is 0. The maximum Gasteiger partial charge on any atom is 0.163 e. The highest BCUT2D eigenvalue weighted by molar-refractivity contribution is 5.54. The van der Waals surface area contributed by atoms with Crippen LogP contribution in [0.1, 0.15) is 26.7 Å². The lowest BCUT2D eigenvalue weighted by Crippen LogP contribution is -2.22. The molecule has 4 nitrogen and oxygen atoms in total. The van der Waals surface area contributed by atoms with E-state index in [4.69, 9.17) is 14.2 Å². The standard InChI is InChI=1S/C16H25NO3/c1-3-19-15-6-5-14(11-16(15)20-4-2)17-12-13-7-9-18-10-8-13/h5-6,11,13,17H,3-4,7-10,12H2,1-2H3. The molecule has 1 aliphatic heterocycles. The highest BCUT2D eigenvalue weighted by Gasteiger charge is 2.13. The lowest BCUT2D eigenvalue weighted by atomic mass is 10.0. The van der Waals surface area contributed by atoms with Gasteiger partial charge in [-0.1, -0.05) is 0 Å².